The monoisotopic (exact) mass is 404 g/mol. The van der Waals surface area contributed by atoms with E-state index < -0.39 is 16.1 Å². The van der Waals surface area contributed by atoms with Crippen LogP contribution in [0.1, 0.15) is 37.5 Å². The second-order valence-corrected chi connectivity index (χ2v) is 8.89. The molecular weight excluding hydrogens is 376 g/mol. The molecule has 7 heteroatoms. The van der Waals surface area contributed by atoms with E-state index in [0.29, 0.717) is 17.9 Å². The van der Waals surface area contributed by atoms with Gasteiger partial charge in [-0.2, -0.15) is 0 Å². The Labute approximate surface area is 167 Å². The number of rotatable bonds is 9. The second kappa shape index (κ2) is 9.71. The molecule has 152 valence electrons. The third kappa shape index (κ3) is 7.32. The number of benzene rings is 2. The van der Waals surface area contributed by atoms with Crippen molar-refractivity contribution in [2.24, 2.45) is 0 Å². The quantitative estimate of drug-likeness (QED) is 0.673. The summed E-state index contributed by atoms with van der Waals surface area (Å²) in [7, 11) is -3.35. The van der Waals surface area contributed by atoms with Gasteiger partial charge in [0.15, 0.2) is 6.10 Å². The van der Waals surface area contributed by atoms with E-state index in [4.69, 9.17) is 4.74 Å². The highest BCUT2D eigenvalue weighted by molar-refractivity contribution is 7.88. The summed E-state index contributed by atoms with van der Waals surface area (Å²) in [6, 6.07) is 14.5. The van der Waals surface area contributed by atoms with Crippen molar-refractivity contribution in [3.05, 3.63) is 65.2 Å². The summed E-state index contributed by atoms with van der Waals surface area (Å²) in [4.78, 5) is 12.2. The van der Waals surface area contributed by atoms with E-state index in [1.807, 2.05) is 43.3 Å². The van der Waals surface area contributed by atoms with Gasteiger partial charge >= 0.3 is 0 Å². The lowest BCUT2D eigenvalue weighted by Gasteiger charge is -2.15. The molecule has 0 aliphatic rings. The van der Waals surface area contributed by atoms with Crippen LogP contribution in [0.2, 0.25) is 0 Å². The largest absolute Gasteiger partial charge is 0.481 e. The van der Waals surface area contributed by atoms with E-state index in [9.17, 15) is 13.2 Å². The molecule has 1 atom stereocenters. The van der Waals surface area contributed by atoms with Crippen LogP contribution < -0.4 is 14.8 Å². The van der Waals surface area contributed by atoms with Crippen molar-refractivity contribution in [1.29, 1.82) is 0 Å². The van der Waals surface area contributed by atoms with Crippen molar-refractivity contribution in [3.8, 4) is 5.75 Å². The fourth-order valence-corrected chi connectivity index (χ4v) is 4.01. The summed E-state index contributed by atoms with van der Waals surface area (Å²) in [5.41, 5.74) is 2.70. The Bertz CT molecular complexity index is 876. The maximum absolute atomic E-state index is 12.2. The van der Waals surface area contributed by atoms with Gasteiger partial charge in [0.25, 0.3) is 5.91 Å². The van der Waals surface area contributed by atoms with Crippen molar-refractivity contribution in [2.45, 2.75) is 52.1 Å². The molecule has 0 saturated carbocycles. The molecule has 0 fully saturated rings. The third-order valence-corrected chi connectivity index (χ3v) is 5.51. The average Bonchev–Trinajstić information content (AvgIpc) is 2.61. The van der Waals surface area contributed by atoms with E-state index in [1.165, 1.54) is 0 Å². The zero-order valence-electron chi connectivity index (χ0n) is 16.7. The smallest absolute Gasteiger partial charge is 0.261 e. The van der Waals surface area contributed by atoms with Crippen molar-refractivity contribution in [1.82, 2.24) is 10.0 Å². The van der Waals surface area contributed by atoms with Crippen LogP contribution in [0.3, 0.4) is 0 Å². The topological polar surface area (TPSA) is 84.5 Å². The Balaban J connectivity index is 1.85. The average molecular weight is 405 g/mol. The zero-order chi connectivity index (χ0) is 20.7. The maximum Gasteiger partial charge on any atom is 0.261 e. The number of aryl methyl sites for hydroxylation is 1. The summed E-state index contributed by atoms with van der Waals surface area (Å²) in [6.45, 7) is 7.60. The van der Waals surface area contributed by atoms with Gasteiger partial charge in [-0.15, -0.1) is 0 Å². The summed E-state index contributed by atoms with van der Waals surface area (Å²) in [5, 5.41) is 2.83. The van der Waals surface area contributed by atoms with E-state index in [-0.39, 0.29) is 17.7 Å². The van der Waals surface area contributed by atoms with Gasteiger partial charge in [-0.1, -0.05) is 42.0 Å². The van der Waals surface area contributed by atoms with Gasteiger partial charge in [0.05, 0.1) is 5.75 Å². The van der Waals surface area contributed by atoms with Gasteiger partial charge in [0, 0.05) is 12.6 Å². The maximum atomic E-state index is 12.2. The normalized spacial score (nSPS) is 12.6. The fraction of sp³-hybridized carbons (Fsp3) is 0.381. The highest BCUT2D eigenvalue weighted by Crippen LogP contribution is 2.13. The number of carbonyl (C=O) groups is 1. The summed E-state index contributed by atoms with van der Waals surface area (Å²) in [6.07, 6.45) is -0.616. The van der Waals surface area contributed by atoms with Crippen molar-refractivity contribution >= 4 is 15.9 Å². The molecule has 0 aliphatic heterocycles. The standard InChI is InChI=1S/C21H28N2O4S/c1-15(2)23-28(25,26)14-19-9-7-18(8-10-19)13-22-21(24)17(4)27-20-11-5-16(3)6-12-20/h5-12,15,17,23H,13-14H2,1-4H3,(H,22,24)/t17-/m0/s1. The molecule has 0 aliphatic carbocycles. The predicted molar refractivity (Wildman–Crippen MR) is 110 cm³/mol. The number of nitrogens with one attached hydrogen (secondary N) is 2. The lowest BCUT2D eigenvalue weighted by Crippen LogP contribution is -2.35. The second-order valence-electron chi connectivity index (χ2n) is 7.14. The SMILES string of the molecule is Cc1ccc(O[C@@H](C)C(=O)NCc2ccc(CS(=O)(=O)NC(C)C)cc2)cc1. The lowest BCUT2D eigenvalue weighted by molar-refractivity contribution is -0.127. The molecule has 0 saturated heterocycles. The molecule has 0 unspecified atom stereocenters. The van der Waals surface area contributed by atoms with Crippen LogP contribution in [0.25, 0.3) is 0 Å². The van der Waals surface area contributed by atoms with E-state index in [2.05, 4.69) is 10.0 Å². The third-order valence-electron chi connectivity index (χ3n) is 3.96. The van der Waals surface area contributed by atoms with E-state index in [1.54, 1.807) is 32.9 Å². The van der Waals surface area contributed by atoms with Gasteiger partial charge in [-0.25, -0.2) is 13.1 Å². The lowest BCUT2D eigenvalue weighted by atomic mass is 10.1. The van der Waals surface area contributed by atoms with Gasteiger partial charge in [-0.05, 0) is 51.0 Å². The Morgan fingerprint density at radius 1 is 0.964 bits per heavy atom. The van der Waals surface area contributed by atoms with E-state index >= 15 is 0 Å². The Morgan fingerprint density at radius 2 is 1.54 bits per heavy atom. The molecule has 2 aromatic rings. The Kier molecular flexibility index (Phi) is 7.60. The molecule has 0 bridgehead atoms. The summed E-state index contributed by atoms with van der Waals surface area (Å²) >= 11 is 0. The minimum Gasteiger partial charge on any atom is -0.481 e. The molecule has 0 radical (unpaired) electrons. The first-order valence-electron chi connectivity index (χ1n) is 9.23. The van der Waals surface area contributed by atoms with Crippen LogP contribution in [0.5, 0.6) is 5.75 Å². The first-order chi connectivity index (χ1) is 13.1. The van der Waals surface area contributed by atoms with Crippen molar-refractivity contribution in [3.63, 3.8) is 0 Å². The first-order valence-corrected chi connectivity index (χ1v) is 10.9. The molecule has 0 heterocycles. The van der Waals surface area contributed by atoms with Crippen molar-refractivity contribution < 1.29 is 17.9 Å². The van der Waals surface area contributed by atoms with E-state index in [0.717, 1.165) is 11.1 Å². The number of hydrogen-bond donors (Lipinski definition) is 2. The molecule has 1 amide bonds. The van der Waals surface area contributed by atoms with Crippen LogP contribution >= 0.6 is 0 Å². The summed E-state index contributed by atoms with van der Waals surface area (Å²) in [5.74, 6) is 0.362. The van der Waals surface area contributed by atoms with Crippen LogP contribution in [0.15, 0.2) is 48.5 Å². The fourth-order valence-electron chi connectivity index (χ4n) is 2.58. The Hall–Kier alpha value is -2.38. The number of sulfonamides is 1. The molecular formula is C21H28N2O4S. The van der Waals surface area contributed by atoms with Crippen LogP contribution in [0, 0.1) is 6.92 Å². The van der Waals surface area contributed by atoms with Crippen molar-refractivity contribution in [2.75, 3.05) is 0 Å². The number of carbonyl (C=O) groups excluding carboxylic acids is 1. The highest BCUT2D eigenvalue weighted by atomic mass is 32.2. The van der Waals surface area contributed by atoms with Gasteiger partial charge in [0.1, 0.15) is 5.75 Å². The molecule has 2 N–H and O–H groups in total. The van der Waals surface area contributed by atoms with Crippen LogP contribution in [-0.2, 0) is 27.1 Å². The first kappa shape index (κ1) is 21.9. The Morgan fingerprint density at radius 3 is 2.11 bits per heavy atom. The van der Waals surface area contributed by atoms with Gasteiger partial charge in [0.2, 0.25) is 10.0 Å². The number of hydrogen-bond acceptors (Lipinski definition) is 4. The minimum absolute atomic E-state index is 0.0702. The molecule has 0 spiro atoms. The van der Waals surface area contributed by atoms with Crippen LogP contribution in [0.4, 0.5) is 0 Å². The van der Waals surface area contributed by atoms with Gasteiger partial charge in [-0.3, -0.25) is 4.79 Å². The summed E-state index contributed by atoms with van der Waals surface area (Å²) < 4.78 is 32.1. The van der Waals surface area contributed by atoms with Crippen LogP contribution in [-0.4, -0.2) is 26.5 Å². The highest BCUT2D eigenvalue weighted by Gasteiger charge is 2.15. The minimum atomic E-state index is -3.35. The molecule has 2 rings (SSSR count). The zero-order valence-corrected chi connectivity index (χ0v) is 17.5. The number of amides is 1. The molecule has 0 aromatic heterocycles. The van der Waals surface area contributed by atoms with Gasteiger partial charge < -0.3 is 10.1 Å². The molecule has 2 aromatic carbocycles. The molecule has 28 heavy (non-hydrogen) atoms. The molecule has 6 nitrogen and oxygen atoms in total. The predicted octanol–water partition coefficient (Wildman–Crippen LogP) is 2.91. The number of ether oxygens (including phenoxy) is 1.